The molecule has 0 atom stereocenters. The fraction of sp³-hybridized carbons (Fsp3) is 0.769. The van der Waals surface area contributed by atoms with E-state index in [2.05, 4.69) is 24.1 Å². The van der Waals surface area contributed by atoms with E-state index < -0.39 is 0 Å². The second-order valence-electron chi connectivity index (χ2n) is 4.68. The van der Waals surface area contributed by atoms with Gasteiger partial charge in [-0.3, -0.25) is 0 Å². The van der Waals surface area contributed by atoms with E-state index in [-0.39, 0.29) is 0 Å². The van der Waals surface area contributed by atoms with Crippen LogP contribution < -0.4 is 5.32 Å². The second kappa shape index (κ2) is 5.48. The lowest BCUT2D eigenvalue weighted by Crippen LogP contribution is -2.27. The number of aromatic amines is 1. The second-order valence-corrected chi connectivity index (χ2v) is 4.68. The predicted molar refractivity (Wildman–Crippen MR) is 66.8 cm³/mol. The molecule has 1 saturated heterocycles. The number of piperidine rings is 1. The van der Waals surface area contributed by atoms with Crippen LogP contribution in [-0.4, -0.2) is 23.1 Å². The summed E-state index contributed by atoms with van der Waals surface area (Å²) in [5, 5.41) is 3.40. The molecular formula is C13H23N3. The Hall–Kier alpha value is -0.830. The third kappa shape index (κ3) is 2.46. The molecule has 0 bridgehead atoms. The average Bonchev–Trinajstić information content (AvgIpc) is 2.74. The summed E-state index contributed by atoms with van der Waals surface area (Å²) in [5.41, 5.74) is 2.66. The number of hydrogen-bond acceptors (Lipinski definition) is 2. The van der Waals surface area contributed by atoms with Gasteiger partial charge in [-0.1, -0.05) is 20.3 Å². The fourth-order valence-electron chi connectivity index (χ4n) is 2.51. The van der Waals surface area contributed by atoms with Gasteiger partial charge in [-0.15, -0.1) is 0 Å². The molecule has 1 aromatic heterocycles. The molecule has 1 aliphatic rings. The normalized spacial score (nSPS) is 17.9. The van der Waals surface area contributed by atoms with Crippen molar-refractivity contribution in [1.82, 2.24) is 15.3 Å². The highest BCUT2D eigenvalue weighted by atomic mass is 15.0. The van der Waals surface area contributed by atoms with E-state index in [9.17, 15) is 0 Å². The average molecular weight is 221 g/mol. The summed E-state index contributed by atoms with van der Waals surface area (Å²) >= 11 is 0. The van der Waals surface area contributed by atoms with Crippen LogP contribution in [-0.2, 0) is 12.8 Å². The van der Waals surface area contributed by atoms with Gasteiger partial charge in [0.15, 0.2) is 0 Å². The lowest BCUT2D eigenvalue weighted by atomic mass is 9.98. The van der Waals surface area contributed by atoms with Crippen LogP contribution in [0, 0.1) is 0 Å². The van der Waals surface area contributed by atoms with Gasteiger partial charge in [0, 0.05) is 11.6 Å². The van der Waals surface area contributed by atoms with E-state index in [1.807, 2.05) is 0 Å². The molecule has 16 heavy (non-hydrogen) atoms. The maximum atomic E-state index is 4.79. The van der Waals surface area contributed by atoms with Crippen molar-refractivity contribution in [1.29, 1.82) is 0 Å². The van der Waals surface area contributed by atoms with Gasteiger partial charge < -0.3 is 10.3 Å². The van der Waals surface area contributed by atoms with Crippen LogP contribution >= 0.6 is 0 Å². The van der Waals surface area contributed by atoms with Crippen molar-refractivity contribution in [2.45, 2.75) is 51.9 Å². The molecule has 0 unspecified atom stereocenters. The summed E-state index contributed by atoms with van der Waals surface area (Å²) in [5.74, 6) is 1.89. The summed E-state index contributed by atoms with van der Waals surface area (Å²) in [4.78, 5) is 8.35. The Bertz CT molecular complexity index is 324. The lowest BCUT2D eigenvalue weighted by molar-refractivity contribution is 0.446. The van der Waals surface area contributed by atoms with Gasteiger partial charge in [-0.25, -0.2) is 4.98 Å². The highest BCUT2D eigenvalue weighted by Crippen LogP contribution is 2.24. The first-order valence-electron chi connectivity index (χ1n) is 6.63. The Kier molecular flexibility index (Phi) is 3.99. The van der Waals surface area contributed by atoms with E-state index in [4.69, 9.17) is 4.98 Å². The molecule has 2 N–H and O–H groups in total. The van der Waals surface area contributed by atoms with E-state index in [0.29, 0.717) is 5.92 Å². The molecular weight excluding hydrogens is 198 g/mol. The zero-order valence-electron chi connectivity index (χ0n) is 10.5. The maximum absolute atomic E-state index is 4.79. The van der Waals surface area contributed by atoms with E-state index in [1.54, 1.807) is 0 Å². The SMILES string of the molecule is CCCc1[nH]c(C2CCNCC2)nc1CC. The number of H-pyrrole nitrogens is 1. The summed E-state index contributed by atoms with van der Waals surface area (Å²) in [6, 6.07) is 0. The molecule has 0 amide bonds. The van der Waals surface area contributed by atoms with Crippen LogP contribution in [0.1, 0.15) is 56.2 Å². The van der Waals surface area contributed by atoms with Crippen LogP contribution in [0.5, 0.6) is 0 Å². The summed E-state index contributed by atoms with van der Waals surface area (Å²) in [6.07, 6.45) is 5.84. The lowest BCUT2D eigenvalue weighted by Gasteiger charge is -2.20. The molecule has 3 heteroatoms. The molecule has 3 nitrogen and oxygen atoms in total. The Labute approximate surface area is 98.1 Å². The monoisotopic (exact) mass is 221 g/mol. The number of nitrogens with one attached hydrogen (secondary N) is 2. The minimum Gasteiger partial charge on any atom is -0.345 e. The van der Waals surface area contributed by atoms with Crippen LogP contribution in [0.15, 0.2) is 0 Å². The summed E-state index contributed by atoms with van der Waals surface area (Å²) in [6.45, 7) is 6.69. The minimum atomic E-state index is 0.650. The molecule has 0 aliphatic carbocycles. The van der Waals surface area contributed by atoms with E-state index in [0.717, 1.165) is 25.9 Å². The van der Waals surface area contributed by atoms with Gasteiger partial charge in [-0.05, 0) is 38.8 Å². The van der Waals surface area contributed by atoms with E-state index >= 15 is 0 Å². The van der Waals surface area contributed by atoms with Gasteiger partial charge in [0.05, 0.1) is 5.69 Å². The summed E-state index contributed by atoms with van der Waals surface area (Å²) in [7, 11) is 0. The molecule has 1 aliphatic heterocycles. The number of imidazole rings is 1. The fourth-order valence-corrected chi connectivity index (χ4v) is 2.51. The van der Waals surface area contributed by atoms with Gasteiger partial charge >= 0.3 is 0 Å². The highest BCUT2D eigenvalue weighted by Gasteiger charge is 2.19. The van der Waals surface area contributed by atoms with Crippen molar-refractivity contribution >= 4 is 0 Å². The van der Waals surface area contributed by atoms with Crippen LogP contribution in [0.25, 0.3) is 0 Å². The first-order valence-corrected chi connectivity index (χ1v) is 6.63. The largest absolute Gasteiger partial charge is 0.345 e. The van der Waals surface area contributed by atoms with Crippen LogP contribution in [0.3, 0.4) is 0 Å². The quantitative estimate of drug-likeness (QED) is 0.819. The van der Waals surface area contributed by atoms with Crippen LogP contribution in [0.4, 0.5) is 0 Å². The first kappa shape index (κ1) is 11.6. The van der Waals surface area contributed by atoms with Crippen molar-refractivity contribution in [3.8, 4) is 0 Å². The van der Waals surface area contributed by atoms with Crippen molar-refractivity contribution < 1.29 is 0 Å². The van der Waals surface area contributed by atoms with Crippen molar-refractivity contribution in [2.75, 3.05) is 13.1 Å². The number of aryl methyl sites for hydroxylation is 2. The van der Waals surface area contributed by atoms with Gasteiger partial charge in [0.1, 0.15) is 5.82 Å². The summed E-state index contributed by atoms with van der Waals surface area (Å²) < 4.78 is 0. The Morgan fingerprint density at radius 1 is 1.25 bits per heavy atom. The van der Waals surface area contributed by atoms with Crippen LogP contribution in [0.2, 0.25) is 0 Å². The van der Waals surface area contributed by atoms with Crippen molar-refractivity contribution in [2.24, 2.45) is 0 Å². The number of rotatable bonds is 4. The predicted octanol–water partition coefficient (Wildman–Crippen LogP) is 2.39. The van der Waals surface area contributed by atoms with Crippen molar-refractivity contribution in [3.63, 3.8) is 0 Å². The third-order valence-electron chi connectivity index (χ3n) is 3.44. The zero-order chi connectivity index (χ0) is 11.4. The molecule has 90 valence electrons. The Morgan fingerprint density at radius 2 is 2.00 bits per heavy atom. The highest BCUT2D eigenvalue weighted by molar-refractivity contribution is 5.17. The minimum absolute atomic E-state index is 0.650. The molecule has 1 fully saturated rings. The van der Waals surface area contributed by atoms with Crippen molar-refractivity contribution in [3.05, 3.63) is 17.2 Å². The number of aromatic nitrogens is 2. The smallest absolute Gasteiger partial charge is 0.109 e. The molecule has 2 heterocycles. The Morgan fingerprint density at radius 3 is 2.62 bits per heavy atom. The number of hydrogen-bond donors (Lipinski definition) is 2. The number of nitrogens with zero attached hydrogens (tertiary/aromatic N) is 1. The zero-order valence-corrected chi connectivity index (χ0v) is 10.5. The third-order valence-corrected chi connectivity index (χ3v) is 3.44. The van der Waals surface area contributed by atoms with Gasteiger partial charge in [0.2, 0.25) is 0 Å². The molecule has 0 saturated carbocycles. The topological polar surface area (TPSA) is 40.7 Å². The molecule has 0 aromatic carbocycles. The van der Waals surface area contributed by atoms with Gasteiger partial charge in [-0.2, -0.15) is 0 Å². The van der Waals surface area contributed by atoms with Gasteiger partial charge in [0.25, 0.3) is 0 Å². The molecule has 2 rings (SSSR count). The standard InChI is InChI=1S/C13H23N3/c1-3-5-12-11(4-2)15-13(16-12)10-6-8-14-9-7-10/h10,14H,3-9H2,1-2H3,(H,15,16). The van der Waals surface area contributed by atoms with E-state index in [1.165, 1.54) is 36.5 Å². The maximum Gasteiger partial charge on any atom is 0.109 e. The molecule has 1 aromatic rings. The molecule has 0 radical (unpaired) electrons. The Balaban J connectivity index is 2.14. The molecule has 0 spiro atoms. The first-order chi connectivity index (χ1) is 7.85.